The highest BCUT2D eigenvalue weighted by molar-refractivity contribution is 5.83. The minimum atomic E-state index is -0.859. The molecule has 8 heteroatoms. The number of rotatable bonds is 5. The van der Waals surface area contributed by atoms with Gasteiger partial charge in [0.2, 0.25) is 5.91 Å². The number of amides is 1. The van der Waals surface area contributed by atoms with E-state index in [1.807, 2.05) is 11.9 Å². The number of halogens is 2. The van der Waals surface area contributed by atoms with E-state index in [4.69, 9.17) is 5.73 Å². The van der Waals surface area contributed by atoms with Gasteiger partial charge in [-0.05, 0) is 43.5 Å². The highest BCUT2D eigenvalue weighted by Gasteiger charge is 2.48. The third-order valence-corrected chi connectivity index (χ3v) is 5.70. The van der Waals surface area contributed by atoms with Gasteiger partial charge in [0, 0.05) is 31.2 Å². The molecule has 3 atom stereocenters. The van der Waals surface area contributed by atoms with E-state index in [0.29, 0.717) is 43.3 Å². The minimum absolute atomic E-state index is 0.0322. The summed E-state index contributed by atoms with van der Waals surface area (Å²) >= 11 is 0. The Morgan fingerprint density at radius 2 is 2.18 bits per heavy atom. The first kappa shape index (κ1) is 18.7. The predicted octanol–water partition coefficient (Wildman–Crippen LogP) is 2.17. The third kappa shape index (κ3) is 3.69. The van der Waals surface area contributed by atoms with Crippen LogP contribution in [0.2, 0.25) is 0 Å². The van der Waals surface area contributed by atoms with Gasteiger partial charge in [-0.15, -0.1) is 0 Å². The van der Waals surface area contributed by atoms with E-state index < -0.39 is 11.6 Å². The van der Waals surface area contributed by atoms with Crippen LogP contribution in [0.15, 0.2) is 30.5 Å². The highest BCUT2D eigenvalue weighted by atomic mass is 19.2. The fraction of sp³-hybridized carbons (Fsp3) is 0.450. The maximum atomic E-state index is 14.0. The summed E-state index contributed by atoms with van der Waals surface area (Å²) in [5.74, 6) is -1.05. The van der Waals surface area contributed by atoms with Crippen LogP contribution >= 0.6 is 0 Å². The summed E-state index contributed by atoms with van der Waals surface area (Å²) in [4.78, 5) is 25.2. The average molecular weight is 387 g/mol. The smallest absolute Gasteiger partial charge is 0.226 e. The summed E-state index contributed by atoms with van der Waals surface area (Å²) in [5.41, 5.74) is 6.01. The van der Waals surface area contributed by atoms with Gasteiger partial charge in [-0.1, -0.05) is 12.1 Å². The molecule has 1 aliphatic carbocycles. The van der Waals surface area contributed by atoms with Gasteiger partial charge in [0.25, 0.3) is 0 Å². The zero-order valence-corrected chi connectivity index (χ0v) is 15.7. The Bertz CT molecular complexity index is 893. The lowest BCUT2D eigenvalue weighted by molar-refractivity contribution is -0.131. The molecule has 2 N–H and O–H groups in total. The van der Waals surface area contributed by atoms with Crippen LogP contribution in [0.5, 0.6) is 0 Å². The lowest BCUT2D eigenvalue weighted by Gasteiger charge is -2.24. The Balaban J connectivity index is 1.34. The van der Waals surface area contributed by atoms with Gasteiger partial charge in [-0.3, -0.25) is 9.69 Å². The standard InChI is InChI=1S/C20H23F2N5O/c1-26(11-18-24-7-5-17(23)25-18)12-6-8-27(10-12)20(28)15-9-14(15)13-3-2-4-16(21)19(13)22/h2-5,7,12,14-15H,6,8-11H2,1H3,(H2,23,24,25)/t12-,14+,15-/m1/s1. The van der Waals surface area contributed by atoms with Crippen molar-refractivity contribution in [2.75, 3.05) is 25.9 Å². The molecule has 1 aliphatic heterocycles. The normalized spacial score (nSPS) is 24.0. The lowest BCUT2D eigenvalue weighted by Crippen LogP contribution is -2.37. The maximum Gasteiger partial charge on any atom is 0.226 e. The van der Waals surface area contributed by atoms with Crippen molar-refractivity contribution in [3.63, 3.8) is 0 Å². The third-order valence-electron chi connectivity index (χ3n) is 5.70. The van der Waals surface area contributed by atoms with Crippen LogP contribution in [0.1, 0.15) is 30.1 Å². The molecule has 1 saturated heterocycles. The summed E-state index contributed by atoms with van der Waals surface area (Å²) < 4.78 is 27.4. The number of likely N-dealkylation sites (tertiary alicyclic amines) is 1. The number of carbonyl (C=O) groups excluding carboxylic acids is 1. The molecule has 1 aromatic carbocycles. The number of aromatic nitrogens is 2. The largest absolute Gasteiger partial charge is 0.384 e. The quantitative estimate of drug-likeness (QED) is 0.851. The van der Waals surface area contributed by atoms with Crippen molar-refractivity contribution in [1.29, 1.82) is 0 Å². The van der Waals surface area contributed by atoms with Crippen molar-refractivity contribution in [1.82, 2.24) is 19.8 Å². The second-order valence-electron chi connectivity index (χ2n) is 7.63. The van der Waals surface area contributed by atoms with E-state index in [0.717, 1.165) is 12.5 Å². The molecule has 6 nitrogen and oxygen atoms in total. The van der Waals surface area contributed by atoms with Crippen LogP contribution < -0.4 is 5.73 Å². The highest BCUT2D eigenvalue weighted by Crippen LogP contribution is 2.49. The first-order valence-corrected chi connectivity index (χ1v) is 9.44. The molecule has 2 heterocycles. The van der Waals surface area contributed by atoms with Crippen LogP contribution in [0.3, 0.4) is 0 Å². The van der Waals surface area contributed by atoms with Crippen molar-refractivity contribution < 1.29 is 13.6 Å². The maximum absolute atomic E-state index is 14.0. The molecule has 1 amide bonds. The number of hydrogen-bond acceptors (Lipinski definition) is 5. The van der Waals surface area contributed by atoms with Crippen LogP contribution in [0, 0.1) is 17.6 Å². The number of nitrogens with two attached hydrogens (primary N) is 1. The Morgan fingerprint density at radius 3 is 2.96 bits per heavy atom. The molecule has 0 unspecified atom stereocenters. The second-order valence-corrected chi connectivity index (χ2v) is 7.63. The molecule has 1 saturated carbocycles. The van der Waals surface area contributed by atoms with Gasteiger partial charge in [-0.25, -0.2) is 18.7 Å². The van der Waals surface area contributed by atoms with E-state index in [-0.39, 0.29) is 23.8 Å². The van der Waals surface area contributed by atoms with E-state index in [9.17, 15) is 13.6 Å². The molecule has 148 valence electrons. The Labute approximate surface area is 162 Å². The molecule has 0 spiro atoms. The van der Waals surface area contributed by atoms with Crippen LogP contribution in [0.4, 0.5) is 14.6 Å². The molecule has 0 radical (unpaired) electrons. The fourth-order valence-corrected chi connectivity index (χ4v) is 4.00. The number of likely N-dealkylation sites (N-methyl/N-ethyl adjacent to an activating group) is 1. The van der Waals surface area contributed by atoms with Crippen LogP contribution in [-0.4, -0.2) is 51.9 Å². The zero-order valence-electron chi connectivity index (χ0n) is 15.7. The van der Waals surface area contributed by atoms with Gasteiger partial charge in [-0.2, -0.15) is 0 Å². The van der Waals surface area contributed by atoms with Crippen LogP contribution in [0.25, 0.3) is 0 Å². The monoisotopic (exact) mass is 387 g/mol. The average Bonchev–Trinajstić information content (AvgIpc) is 3.29. The van der Waals surface area contributed by atoms with Gasteiger partial charge in [0.1, 0.15) is 11.6 Å². The van der Waals surface area contributed by atoms with E-state index >= 15 is 0 Å². The number of carbonyl (C=O) groups is 1. The number of nitrogen functional groups attached to an aromatic ring is 1. The Morgan fingerprint density at radius 1 is 1.36 bits per heavy atom. The topological polar surface area (TPSA) is 75.4 Å². The van der Waals surface area contributed by atoms with E-state index in [1.165, 1.54) is 6.07 Å². The van der Waals surface area contributed by atoms with Gasteiger partial charge in [0.05, 0.1) is 6.54 Å². The van der Waals surface area contributed by atoms with E-state index in [1.54, 1.807) is 18.3 Å². The van der Waals surface area contributed by atoms with E-state index in [2.05, 4.69) is 14.9 Å². The summed E-state index contributed by atoms with van der Waals surface area (Å²) in [6.07, 6.45) is 3.07. The first-order valence-electron chi connectivity index (χ1n) is 9.44. The molecule has 1 aromatic heterocycles. The van der Waals surface area contributed by atoms with Crippen molar-refractivity contribution in [2.45, 2.75) is 31.3 Å². The van der Waals surface area contributed by atoms with Gasteiger partial charge >= 0.3 is 0 Å². The number of nitrogens with zero attached hydrogens (tertiary/aromatic N) is 4. The summed E-state index contributed by atoms with van der Waals surface area (Å²) in [6, 6.07) is 6.02. The number of hydrogen-bond donors (Lipinski definition) is 1. The zero-order chi connectivity index (χ0) is 19.8. The molecule has 4 rings (SSSR count). The summed E-state index contributed by atoms with van der Waals surface area (Å²) in [7, 11) is 1.98. The number of anilines is 1. The molecule has 2 aliphatic rings. The predicted molar refractivity (Wildman–Crippen MR) is 100 cm³/mol. The van der Waals surface area contributed by atoms with Crippen molar-refractivity contribution >= 4 is 11.7 Å². The van der Waals surface area contributed by atoms with Crippen molar-refractivity contribution in [3.05, 3.63) is 53.5 Å². The second kappa shape index (κ2) is 7.43. The summed E-state index contributed by atoms with van der Waals surface area (Å²) in [6.45, 7) is 1.84. The van der Waals surface area contributed by atoms with Crippen LogP contribution in [-0.2, 0) is 11.3 Å². The summed E-state index contributed by atoms with van der Waals surface area (Å²) in [5, 5.41) is 0. The fourth-order valence-electron chi connectivity index (χ4n) is 4.00. The molecule has 28 heavy (non-hydrogen) atoms. The van der Waals surface area contributed by atoms with Crippen molar-refractivity contribution in [3.8, 4) is 0 Å². The van der Waals surface area contributed by atoms with Gasteiger partial charge in [0.15, 0.2) is 11.6 Å². The minimum Gasteiger partial charge on any atom is -0.384 e. The Hall–Kier alpha value is -2.61. The molecule has 2 fully saturated rings. The SMILES string of the molecule is CN(Cc1nccc(N)n1)[C@@H]1CCN(C(=O)[C@@H]2C[C@H]2c2cccc(F)c2F)C1. The van der Waals surface area contributed by atoms with Crippen molar-refractivity contribution in [2.24, 2.45) is 5.92 Å². The first-order chi connectivity index (χ1) is 13.4. The molecular weight excluding hydrogens is 364 g/mol. The van der Waals surface area contributed by atoms with Gasteiger partial charge < -0.3 is 10.6 Å². The molecule has 0 bridgehead atoms. The lowest BCUT2D eigenvalue weighted by atomic mass is 10.1. The number of benzene rings is 1. The Kier molecular flexibility index (Phi) is 4.97. The molecule has 2 aromatic rings. The molecular formula is C20H23F2N5O.